The Balaban J connectivity index is 2.64. The lowest BCUT2D eigenvalue weighted by Crippen LogP contribution is -2.13. The zero-order chi connectivity index (χ0) is 10.1. The lowest BCUT2D eigenvalue weighted by molar-refractivity contribution is 0.0973. The summed E-state index contributed by atoms with van der Waals surface area (Å²) in [5, 5.41) is 8.74. The van der Waals surface area contributed by atoms with Crippen molar-refractivity contribution in [3.8, 4) is 6.07 Å². The molecular weight excluding hydrogens is 176 g/mol. The lowest BCUT2D eigenvalue weighted by Gasteiger charge is -2.16. The number of nitrogens with zero attached hydrogens (tertiary/aromatic N) is 1. The van der Waals surface area contributed by atoms with Crippen molar-refractivity contribution in [1.82, 2.24) is 0 Å². The number of hydrogen-bond acceptors (Lipinski definition) is 3. The number of hydrogen-bond donors (Lipinski definition) is 1. The van der Waals surface area contributed by atoms with Crippen LogP contribution < -0.4 is 5.73 Å². The molecule has 1 aromatic rings. The number of ketones is 1. The number of carbonyl (C=O) groups is 1. The van der Waals surface area contributed by atoms with Gasteiger partial charge in [0.05, 0.1) is 11.6 Å². The Bertz CT molecular complexity index is 443. The van der Waals surface area contributed by atoms with Gasteiger partial charge < -0.3 is 5.73 Å². The molecule has 70 valence electrons. The van der Waals surface area contributed by atoms with Gasteiger partial charge in [-0.3, -0.25) is 4.79 Å². The molecule has 2 rings (SSSR count). The number of nitriles is 1. The van der Waals surface area contributed by atoms with Crippen LogP contribution in [0.15, 0.2) is 12.1 Å². The molecule has 2 N–H and O–H groups in total. The number of anilines is 1. The van der Waals surface area contributed by atoms with Crippen LogP contribution in [0, 0.1) is 11.3 Å². The smallest absolute Gasteiger partial charge is 0.165 e. The van der Waals surface area contributed by atoms with Gasteiger partial charge in [0, 0.05) is 17.7 Å². The molecule has 0 heterocycles. The maximum atomic E-state index is 11.5. The molecule has 0 radical (unpaired) electrons. The van der Waals surface area contributed by atoms with Gasteiger partial charge in [-0.25, -0.2) is 0 Å². The van der Waals surface area contributed by atoms with E-state index in [1.54, 1.807) is 12.1 Å². The molecule has 0 atom stereocenters. The summed E-state index contributed by atoms with van der Waals surface area (Å²) >= 11 is 0. The quantitative estimate of drug-likeness (QED) is 0.626. The summed E-state index contributed by atoms with van der Waals surface area (Å²) in [5.41, 5.74) is 8.29. The van der Waals surface area contributed by atoms with Crippen LogP contribution in [0.4, 0.5) is 5.69 Å². The van der Waals surface area contributed by atoms with Crippen LogP contribution in [0.3, 0.4) is 0 Å². The molecule has 1 aromatic carbocycles. The number of nitrogens with two attached hydrogens (primary N) is 1. The van der Waals surface area contributed by atoms with E-state index in [2.05, 4.69) is 0 Å². The van der Waals surface area contributed by atoms with E-state index in [-0.39, 0.29) is 5.78 Å². The minimum Gasteiger partial charge on any atom is -0.398 e. The fourth-order valence-electron chi connectivity index (χ4n) is 1.89. The fourth-order valence-corrected chi connectivity index (χ4v) is 1.89. The maximum Gasteiger partial charge on any atom is 0.165 e. The van der Waals surface area contributed by atoms with Crippen molar-refractivity contribution in [2.75, 3.05) is 5.73 Å². The molecule has 3 nitrogen and oxygen atoms in total. The molecule has 0 aliphatic heterocycles. The van der Waals surface area contributed by atoms with Crippen molar-refractivity contribution in [2.24, 2.45) is 0 Å². The summed E-state index contributed by atoms with van der Waals surface area (Å²) in [4.78, 5) is 11.5. The van der Waals surface area contributed by atoms with Crippen molar-refractivity contribution in [3.63, 3.8) is 0 Å². The minimum atomic E-state index is 0.105. The van der Waals surface area contributed by atoms with E-state index in [1.807, 2.05) is 6.07 Å². The normalized spacial score (nSPS) is 14.6. The van der Waals surface area contributed by atoms with Crippen molar-refractivity contribution in [3.05, 3.63) is 28.8 Å². The molecule has 1 aliphatic rings. The SMILES string of the molecule is N#Cc1cc(N)c2c(c1)CCCC2=O. The second-order valence-corrected chi connectivity index (χ2v) is 3.49. The predicted octanol–water partition coefficient (Wildman–Crippen LogP) is 1.66. The van der Waals surface area contributed by atoms with Gasteiger partial charge in [0.2, 0.25) is 0 Å². The summed E-state index contributed by atoms with van der Waals surface area (Å²) < 4.78 is 0. The fraction of sp³-hybridized carbons (Fsp3) is 0.273. The monoisotopic (exact) mass is 186 g/mol. The van der Waals surface area contributed by atoms with Gasteiger partial charge in [-0.05, 0) is 30.5 Å². The average Bonchev–Trinajstić information content (AvgIpc) is 2.17. The van der Waals surface area contributed by atoms with E-state index < -0.39 is 0 Å². The van der Waals surface area contributed by atoms with E-state index in [0.29, 0.717) is 23.2 Å². The Labute approximate surface area is 82.1 Å². The standard InChI is InChI=1S/C11H10N2O/c12-6-7-4-8-2-1-3-10(14)11(8)9(13)5-7/h4-5H,1-3,13H2. The number of benzene rings is 1. The third-order valence-electron chi connectivity index (χ3n) is 2.51. The van der Waals surface area contributed by atoms with E-state index >= 15 is 0 Å². The lowest BCUT2D eigenvalue weighted by atomic mass is 9.88. The van der Waals surface area contributed by atoms with Crippen LogP contribution in [0.2, 0.25) is 0 Å². The number of carbonyl (C=O) groups excluding carboxylic acids is 1. The molecule has 0 amide bonds. The predicted molar refractivity (Wildman–Crippen MR) is 52.8 cm³/mol. The number of fused-ring (bicyclic) bond motifs is 1. The summed E-state index contributed by atoms with van der Waals surface area (Å²) in [6.07, 6.45) is 2.28. The second kappa shape index (κ2) is 3.15. The first-order valence-electron chi connectivity index (χ1n) is 4.58. The highest BCUT2D eigenvalue weighted by molar-refractivity contribution is 6.03. The summed E-state index contributed by atoms with van der Waals surface area (Å²) in [7, 11) is 0. The summed E-state index contributed by atoms with van der Waals surface area (Å²) in [5.74, 6) is 0.105. The molecule has 0 fully saturated rings. The van der Waals surface area contributed by atoms with Crippen LogP contribution in [-0.4, -0.2) is 5.78 Å². The van der Waals surface area contributed by atoms with Gasteiger partial charge in [0.25, 0.3) is 0 Å². The first-order chi connectivity index (χ1) is 6.72. The average molecular weight is 186 g/mol. The van der Waals surface area contributed by atoms with E-state index in [4.69, 9.17) is 11.0 Å². The Hall–Kier alpha value is -1.82. The van der Waals surface area contributed by atoms with Gasteiger partial charge >= 0.3 is 0 Å². The van der Waals surface area contributed by atoms with E-state index in [9.17, 15) is 4.79 Å². The Morgan fingerprint density at radius 2 is 2.14 bits per heavy atom. The van der Waals surface area contributed by atoms with Gasteiger partial charge in [-0.1, -0.05) is 0 Å². The van der Waals surface area contributed by atoms with E-state index in [0.717, 1.165) is 18.4 Å². The van der Waals surface area contributed by atoms with E-state index in [1.165, 1.54) is 0 Å². The summed E-state index contributed by atoms with van der Waals surface area (Å²) in [6.45, 7) is 0. The molecular formula is C11H10N2O. The van der Waals surface area contributed by atoms with Crippen LogP contribution in [-0.2, 0) is 6.42 Å². The Morgan fingerprint density at radius 1 is 1.36 bits per heavy atom. The van der Waals surface area contributed by atoms with Crippen LogP contribution in [0.25, 0.3) is 0 Å². The zero-order valence-corrected chi connectivity index (χ0v) is 7.71. The number of rotatable bonds is 0. The molecule has 0 saturated heterocycles. The Morgan fingerprint density at radius 3 is 2.86 bits per heavy atom. The molecule has 0 aromatic heterocycles. The highest BCUT2D eigenvalue weighted by atomic mass is 16.1. The molecule has 0 unspecified atom stereocenters. The van der Waals surface area contributed by atoms with Gasteiger partial charge in [0.15, 0.2) is 5.78 Å². The van der Waals surface area contributed by atoms with Gasteiger partial charge in [-0.15, -0.1) is 0 Å². The topological polar surface area (TPSA) is 66.9 Å². The molecule has 0 bridgehead atoms. The summed E-state index contributed by atoms with van der Waals surface area (Å²) in [6, 6.07) is 5.38. The van der Waals surface area contributed by atoms with Gasteiger partial charge in [0.1, 0.15) is 0 Å². The maximum absolute atomic E-state index is 11.5. The van der Waals surface area contributed by atoms with Crippen LogP contribution in [0.1, 0.15) is 34.3 Å². The zero-order valence-electron chi connectivity index (χ0n) is 7.71. The molecule has 14 heavy (non-hydrogen) atoms. The molecule has 0 saturated carbocycles. The largest absolute Gasteiger partial charge is 0.398 e. The highest BCUT2D eigenvalue weighted by Crippen LogP contribution is 2.27. The molecule has 0 spiro atoms. The third kappa shape index (κ3) is 1.25. The number of aryl methyl sites for hydroxylation is 1. The number of Topliss-reactive ketones (excluding diaryl/α,β-unsaturated/α-hetero) is 1. The first kappa shape index (κ1) is 8.76. The van der Waals surface area contributed by atoms with Gasteiger partial charge in [-0.2, -0.15) is 5.26 Å². The first-order valence-corrected chi connectivity index (χ1v) is 4.58. The van der Waals surface area contributed by atoms with Crippen molar-refractivity contribution < 1.29 is 4.79 Å². The second-order valence-electron chi connectivity index (χ2n) is 3.49. The van der Waals surface area contributed by atoms with Crippen LogP contribution >= 0.6 is 0 Å². The molecule has 1 aliphatic carbocycles. The van der Waals surface area contributed by atoms with Crippen molar-refractivity contribution >= 4 is 11.5 Å². The van der Waals surface area contributed by atoms with Crippen LogP contribution in [0.5, 0.6) is 0 Å². The highest BCUT2D eigenvalue weighted by Gasteiger charge is 2.20. The third-order valence-corrected chi connectivity index (χ3v) is 2.51. The van der Waals surface area contributed by atoms with Crippen molar-refractivity contribution in [2.45, 2.75) is 19.3 Å². The Kier molecular flexibility index (Phi) is 1.97. The minimum absolute atomic E-state index is 0.105. The molecule has 3 heteroatoms. The van der Waals surface area contributed by atoms with Crippen molar-refractivity contribution in [1.29, 1.82) is 5.26 Å². The number of nitrogen functional groups attached to an aromatic ring is 1.